The number of amides is 1. The van der Waals surface area contributed by atoms with Crippen molar-refractivity contribution in [1.29, 1.82) is 0 Å². The molecule has 0 saturated carbocycles. The number of hydrogen-bond donors (Lipinski definition) is 1. The summed E-state index contributed by atoms with van der Waals surface area (Å²) in [6.07, 6.45) is 3.88. The van der Waals surface area contributed by atoms with Gasteiger partial charge in [0.05, 0.1) is 6.20 Å². The number of nitrogens with zero attached hydrogens (tertiary/aromatic N) is 4. The molecule has 1 aliphatic rings. The molecule has 158 valence electrons. The molecule has 2 N–H and O–H groups in total. The number of pyridine rings is 1. The maximum absolute atomic E-state index is 12.1. The topological polar surface area (TPSA) is 76.1 Å². The quantitative estimate of drug-likeness (QED) is 0.650. The fraction of sp³-hybridized carbons (Fsp3) is 0.333. The van der Waals surface area contributed by atoms with Crippen LogP contribution in [0.3, 0.4) is 0 Å². The Morgan fingerprint density at radius 1 is 1.17 bits per heavy atom. The largest absolute Gasteiger partial charge is 0.375 e. The van der Waals surface area contributed by atoms with Gasteiger partial charge >= 0.3 is 0 Å². The third kappa shape index (κ3) is 3.98. The zero-order valence-corrected chi connectivity index (χ0v) is 18.2. The Morgan fingerprint density at radius 2 is 1.93 bits per heavy atom. The minimum absolute atomic E-state index is 0.0162. The van der Waals surface area contributed by atoms with Gasteiger partial charge in [-0.15, -0.1) is 0 Å². The van der Waals surface area contributed by atoms with Crippen LogP contribution in [0.15, 0.2) is 36.7 Å². The first kappa shape index (κ1) is 20.9. The van der Waals surface area contributed by atoms with Crippen molar-refractivity contribution in [3.05, 3.63) is 52.3 Å². The average molecular weight is 448 g/mol. The predicted octanol–water partition coefficient (Wildman–Crippen LogP) is 3.06. The van der Waals surface area contributed by atoms with Gasteiger partial charge in [-0.1, -0.05) is 29.3 Å². The van der Waals surface area contributed by atoms with E-state index in [1.54, 1.807) is 6.07 Å². The summed E-state index contributed by atoms with van der Waals surface area (Å²) >= 11 is 12.5. The average Bonchev–Trinajstić information content (AvgIpc) is 3.16. The van der Waals surface area contributed by atoms with Gasteiger partial charge in [0.25, 0.3) is 0 Å². The first-order valence-corrected chi connectivity index (χ1v) is 10.4. The monoisotopic (exact) mass is 447 g/mol. The van der Waals surface area contributed by atoms with Crippen LogP contribution in [0, 0.1) is 0 Å². The number of imidazole rings is 1. The van der Waals surface area contributed by atoms with Gasteiger partial charge in [0.15, 0.2) is 0 Å². The summed E-state index contributed by atoms with van der Waals surface area (Å²) in [6, 6.07) is 7.44. The molecule has 7 nitrogen and oxygen atoms in total. The van der Waals surface area contributed by atoms with Gasteiger partial charge in [-0.3, -0.25) is 9.20 Å². The van der Waals surface area contributed by atoms with Gasteiger partial charge < -0.3 is 20.3 Å². The third-order valence-corrected chi connectivity index (χ3v) is 5.93. The summed E-state index contributed by atoms with van der Waals surface area (Å²) < 4.78 is 7.01. The number of carbonyl (C=O) groups is 1. The second kappa shape index (κ2) is 8.81. The second-order valence-electron chi connectivity index (χ2n) is 7.19. The van der Waals surface area contributed by atoms with Crippen LogP contribution in [0.25, 0.3) is 16.8 Å². The lowest BCUT2D eigenvalue weighted by atomic mass is 10.0. The van der Waals surface area contributed by atoms with Crippen molar-refractivity contribution < 1.29 is 9.53 Å². The maximum atomic E-state index is 12.1. The number of piperazine rings is 1. The standard InChI is InChI=1S/C21H23Cl2N5O2/c1-30-13-21(29)27-6-4-26(5-7-27)20-11-25-19-8-14(10-24)17(12-28(19)20)16-3-2-15(22)9-18(16)23/h2-3,8-9,11-12H,4-7,10,13,24H2,1H3. The normalized spacial score (nSPS) is 14.5. The lowest BCUT2D eigenvalue weighted by Gasteiger charge is -2.35. The van der Waals surface area contributed by atoms with E-state index in [2.05, 4.69) is 9.88 Å². The Kier molecular flexibility index (Phi) is 6.15. The molecule has 4 rings (SSSR count). The van der Waals surface area contributed by atoms with Gasteiger partial charge in [-0.05, 0) is 23.8 Å². The van der Waals surface area contributed by atoms with E-state index in [-0.39, 0.29) is 12.5 Å². The van der Waals surface area contributed by atoms with Gasteiger partial charge in [0.1, 0.15) is 18.1 Å². The highest BCUT2D eigenvalue weighted by atomic mass is 35.5. The van der Waals surface area contributed by atoms with Gasteiger partial charge in [-0.25, -0.2) is 4.98 Å². The highest BCUT2D eigenvalue weighted by Gasteiger charge is 2.23. The van der Waals surface area contributed by atoms with E-state index in [1.807, 2.05) is 39.9 Å². The SMILES string of the molecule is COCC(=O)N1CCN(c2cnc3cc(CN)c(-c4ccc(Cl)cc4Cl)cn23)CC1. The van der Waals surface area contributed by atoms with E-state index in [4.69, 9.17) is 33.7 Å². The number of ether oxygens (including phenoxy) is 1. The first-order valence-electron chi connectivity index (χ1n) is 9.69. The molecule has 0 radical (unpaired) electrons. The predicted molar refractivity (Wildman–Crippen MR) is 119 cm³/mol. The van der Waals surface area contributed by atoms with E-state index < -0.39 is 0 Å². The molecule has 0 unspecified atom stereocenters. The minimum Gasteiger partial charge on any atom is -0.375 e. The zero-order chi connectivity index (χ0) is 21.3. The van der Waals surface area contributed by atoms with Crippen LogP contribution in [0.1, 0.15) is 5.56 Å². The van der Waals surface area contributed by atoms with Crippen molar-refractivity contribution in [3.63, 3.8) is 0 Å². The summed E-state index contributed by atoms with van der Waals surface area (Å²) in [5.41, 5.74) is 9.60. The molecule has 1 aromatic carbocycles. The molecule has 2 aromatic heterocycles. The number of halogens is 2. The summed E-state index contributed by atoms with van der Waals surface area (Å²) in [4.78, 5) is 20.7. The van der Waals surface area contributed by atoms with Crippen molar-refractivity contribution in [2.45, 2.75) is 6.54 Å². The number of fused-ring (bicyclic) bond motifs is 1. The molecule has 0 spiro atoms. The van der Waals surface area contributed by atoms with Crippen LogP contribution in [0.2, 0.25) is 10.0 Å². The number of carbonyl (C=O) groups excluding carboxylic acids is 1. The van der Waals surface area contributed by atoms with E-state index in [9.17, 15) is 4.79 Å². The summed E-state index contributed by atoms with van der Waals surface area (Å²) in [5, 5.41) is 1.16. The lowest BCUT2D eigenvalue weighted by molar-refractivity contribution is -0.135. The summed E-state index contributed by atoms with van der Waals surface area (Å²) in [7, 11) is 1.53. The fourth-order valence-corrected chi connectivity index (χ4v) is 4.31. The van der Waals surface area contributed by atoms with Crippen LogP contribution in [0.5, 0.6) is 0 Å². The smallest absolute Gasteiger partial charge is 0.248 e. The van der Waals surface area contributed by atoms with Crippen molar-refractivity contribution in [2.24, 2.45) is 5.73 Å². The number of nitrogens with two attached hydrogens (primary N) is 1. The highest BCUT2D eigenvalue weighted by molar-refractivity contribution is 6.36. The molecule has 0 atom stereocenters. The Morgan fingerprint density at radius 3 is 2.60 bits per heavy atom. The molecule has 1 amide bonds. The number of aromatic nitrogens is 2. The van der Waals surface area contributed by atoms with Crippen molar-refractivity contribution >= 4 is 40.6 Å². The molecule has 0 aliphatic carbocycles. The third-order valence-electron chi connectivity index (χ3n) is 5.38. The molecule has 3 aromatic rings. The first-order chi connectivity index (χ1) is 14.5. The Labute approximate surface area is 184 Å². The molecule has 1 aliphatic heterocycles. The van der Waals surface area contributed by atoms with Gasteiger partial charge in [0.2, 0.25) is 5.91 Å². The van der Waals surface area contributed by atoms with Crippen LogP contribution < -0.4 is 10.6 Å². The number of hydrogen-bond acceptors (Lipinski definition) is 5. The van der Waals surface area contributed by atoms with E-state index in [0.29, 0.717) is 29.7 Å². The van der Waals surface area contributed by atoms with Crippen molar-refractivity contribution in [3.8, 4) is 11.1 Å². The molecule has 30 heavy (non-hydrogen) atoms. The fourth-order valence-electron chi connectivity index (χ4n) is 3.80. The van der Waals surface area contributed by atoms with Crippen LogP contribution in [0.4, 0.5) is 5.82 Å². The second-order valence-corrected chi connectivity index (χ2v) is 8.03. The zero-order valence-electron chi connectivity index (χ0n) is 16.6. The number of anilines is 1. The summed E-state index contributed by atoms with van der Waals surface area (Å²) in [5.74, 6) is 0.987. The van der Waals surface area contributed by atoms with Crippen molar-refractivity contribution in [1.82, 2.24) is 14.3 Å². The molecule has 1 saturated heterocycles. The minimum atomic E-state index is 0.0162. The van der Waals surface area contributed by atoms with Crippen LogP contribution in [-0.4, -0.2) is 60.1 Å². The Bertz CT molecular complexity index is 1080. The highest BCUT2D eigenvalue weighted by Crippen LogP contribution is 2.34. The number of benzene rings is 1. The van der Waals surface area contributed by atoms with E-state index in [1.165, 1.54) is 7.11 Å². The Hall–Kier alpha value is -2.32. The van der Waals surface area contributed by atoms with Crippen molar-refractivity contribution in [2.75, 3.05) is 44.8 Å². The number of methoxy groups -OCH3 is 1. The van der Waals surface area contributed by atoms with Gasteiger partial charge in [-0.2, -0.15) is 0 Å². The maximum Gasteiger partial charge on any atom is 0.248 e. The van der Waals surface area contributed by atoms with Crippen LogP contribution >= 0.6 is 23.2 Å². The van der Waals surface area contributed by atoms with E-state index in [0.717, 1.165) is 41.2 Å². The van der Waals surface area contributed by atoms with Gasteiger partial charge in [0, 0.05) is 67.2 Å². The summed E-state index contributed by atoms with van der Waals surface area (Å²) in [6.45, 7) is 3.21. The Balaban J connectivity index is 1.67. The molecule has 3 heterocycles. The van der Waals surface area contributed by atoms with E-state index >= 15 is 0 Å². The van der Waals surface area contributed by atoms with Crippen LogP contribution in [-0.2, 0) is 16.1 Å². The molecular formula is C21H23Cl2N5O2. The molecular weight excluding hydrogens is 425 g/mol. The lowest BCUT2D eigenvalue weighted by Crippen LogP contribution is -2.50. The molecule has 9 heteroatoms. The number of rotatable bonds is 5. The molecule has 1 fully saturated rings. The molecule has 0 bridgehead atoms.